The number of hydrogen-bond donors (Lipinski definition) is 2. The van der Waals surface area contributed by atoms with E-state index in [1.54, 1.807) is 25.7 Å². The summed E-state index contributed by atoms with van der Waals surface area (Å²) in [5.74, 6) is -3.17. The van der Waals surface area contributed by atoms with Crippen LogP contribution < -0.4 is 10.6 Å². The molecule has 2 aliphatic heterocycles. The predicted octanol–water partition coefficient (Wildman–Crippen LogP) is 3.93. The number of likely N-dealkylation sites (tertiary alicyclic amines) is 1. The Morgan fingerprint density at radius 2 is 1.56 bits per heavy atom. The van der Waals surface area contributed by atoms with Crippen LogP contribution in [0.1, 0.15) is 92.6 Å². The van der Waals surface area contributed by atoms with Gasteiger partial charge in [-0.15, -0.1) is 0 Å². The lowest BCUT2D eigenvalue weighted by Gasteiger charge is -2.36. The number of benzene rings is 1. The van der Waals surface area contributed by atoms with Crippen LogP contribution in [0.25, 0.3) is 0 Å². The van der Waals surface area contributed by atoms with E-state index in [1.807, 2.05) is 65.1 Å². The van der Waals surface area contributed by atoms with E-state index in [4.69, 9.17) is 9.47 Å². The van der Waals surface area contributed by atoms with Gasteiger partial charge in [0.05, 0.1) is 6.04 Å². The lowest BCUT2D eigenvalue weighted by Crippen LogP contribution is -2.56. The van der Waals surface area contributed by atoms with E-state index in [-0.39, 0.29) is 49.4 Å². The third-order valence-electron chi connectivity index (χ3n) is 9.39. The monoisotopic (exact) mass is 727 g/mol. The summed E-state index contributed by atoms with van der Waals surface area (Å²) in [5.41, 5.74) is 0.101. The highest BCUT2D eigenvalue weighted by Crippen LogP contribution is 2.23. The Bertz CT molecular complexity index is 1370. The van der Waals surface area contributed by atoms with Crippen molar-refractivity contribution in [2.45, 2.75) is 117 Å². The summed E-state index contributed by atoms with van der Waals surface area (Å²) in [4.78, 5) is 86.2. The Labute approximate surface area is 309 Å². The van der Waals surface area contributed by atoms with Crippen molar-refractivity contribution >= 4 is 35.6 Å². The minimum absolute atomic E-state index is 0.0188. The number of carbonyl (C=O) groups excluding carboxylic acids is 6. The molecule has 2 N–H and O–H groups in total. The van der Waals surface area contributed by atoms with E-state index < -0.39 is 53.5 Å². The summed E-state index contributed by atoms with van der Waals surface area (Å²) < 4.78 is 11.0. The van der Waals surface area contributed by atoms with Crippen LogP contribution in [-0.4, -0.2) is 114 Å². The van der Waals surface area contributed by atoms with Crippen LogP contribution in [0.2, 0.25) is 0 Å². The quantitative estimate of drug-likeness (QED) is 0.241. The minimum Gasteiger partial charge on any atom is -0.460 e. The number of rotatable bonds is 16. The molecular formula is C39H61N5O8. The van der Waals surface area contributed by atoms with Gasteiger partial charge in [0.15, 0.2) is 5.78 Å². The molecule has 1 aromatic rings. The number of amides is 4. The van der Waals surface area contributed by atoms with Gasteiger partial charge < -0.3 is 29.9 Å². The van der Waals surface area contributed by atoms with Crippen molar-refractivity contribution in [3.05, 3.63) is 35.9 Å². The first-order valence-electron chi connectivity index (χ1n) is 18.7. The van der Waals surface area contributed by atoms with E-state index in [2.05, 4.69) is 15.5 Å². The Morgan fingerprint density at radius 1 is 0.904 bits per heavy atom. The molecule has 0 saturated carbocycles. The normalized spacial score (nSPS) is 18.5. The first-order chi connectivity index (χ1) is 24.4. The van der Waals surface area contributed by atoms with Gasteiger partial charge in [0.1, 0.15) is 24.3 Å². The molecule has 2 fully saturated rings. The molecule has 4 atom stereocenters. The number of carbonyl (C=O) groups is 6. The van der Waals surface area contributed by atoms with Crippen molar-refractivity contribution in [2.75, 3.05) is 39.8 Å². The first kappa shape index (κ1) is 42.4. The number of ketones is 1. The van der Waals surface area contributed by atoms with Gasteiger partial charge in [-0.1, -0.05) is 58.0 Å². The van der Waals surface area contributed by atoms with Crippen LogP contribution in [0.4, 0.5) is 4.79 Å². The largest absolute Gasteiger partial charge is 0.460 e. The summed E-state index contributed by atoms with van der Waals surface area (Å²) in [6, 6.07) is 6.72. The standard InChI is InChI=1S/C39H61N5O8/c1-26(2)23-30(40-36(48)31-15-12-18-44(31)38(50)51-25-28-13-10-9-11-14-28)32(45)24-29(16-17-33(46)52-39(5,6)7)35(47)41-34(27(3)4)37(49)43-21-19-42(8)20-22-43/h9-11,13-14,26-27,29-31,34H,12,15-25H2,1-8H3,(H,40,48)(H,41,47)/t29-,30+,31+,34+/m1/s1. The van der Waals surface area contributed by atoms with E-state index in [9.17, 15) is 28.8 Å². The molecule has 2 heterocycles. The van der Waals surface area contributed by atoms with Gasteiger partial charge in [0, 0.05) is 51.5 Å². The molecule has 290 valence electrons. The van der Waals surface area contributed by atoms with Gasteiger partial charge in [-0.25, -0.2) is 4.79 Å². The summed E-state index contributed by atoms with van der Waals surface area (Å²) >= 11 is 0. The molecule has 3 rings (SSSR count). The third kappa shape index (κ3) is 13.5. The molecule has 0 unspecified atom stereocenters. The molecule has 0 radical (unpaired) electrons. The second-order valence-electron chi connectivity index (χ2n) is 15.9. The van der Waals surface area contributed by atoms with Crippen LogP contribution in [0.15, 0.2) is 30.3 Å². The molecule has 52 heavy (non-hydrogen) atoms. The molecule has 4 amide bonds. The van der Waals surface area contributed by atoms with Gasteiger partial charge in [0.2, 0.25) is 17.7 Å². The van der Waals surface area contributed by atoms with E-state index >= 15 is 0 Å². The topological polar surface area (TPSA) is 155 Å². The number of Topliss-reactive ketones (excluding diaryl/α,β-unsaturated/α-hetero) is 1. The predicted molar refractivity (Wildman–Crippen MR) is 197 cm³/mol. The molecule has 0 spiro atoms. The Kier molecular flexibility index (Phi) is 16.1. The van der Waals surface area contributed by atoms with Crippen molar-refractivity contribution in [3.8, 4) is 0 Å². The smallest absolute Gasteiger partial charge is 0.410 e. The molecule has 0 bridgehead atoms. The lowest BCUT2D eigenvalue weighted by molar-refractivity contribution is -0.155. The summed E-state index contributed by atoms with van der Waals surface area (Å²) in [6.45, 7) is 15.8. The number of likely N-dealkylation sites (N-methyl/N-ethyl adjacent to an activating group) is 1. The van der Waals surface area contributed by atoms with Crippen LogP contribution >= 0.6 is 0 Å². The maximum Gasteiger partial charge on any atom is 0.410 e. The molecule has 13 nitrogen and oxygen atoms in total. The summed E-state index contributed by atoms with van der Waals surface area (Å²) in [6.07, 6.45) is 0.403. The number of nitrogens with zero attached hydrogens (tertiary/aromatic N) is 3. The second-order valence-corrected chi connectivity index (χ2v) is 15.9. The number of hydrogen-bond acceptors (Lipinski definition) is 9. The van der Waals surface area contributed by atoms with E-state index in [0.717, 1.165) is 18.7 Å². The zero-order chi connectivity index (χ0) is 38.6. The molecule has 13 heteroatoms. The van der Waals surface area contributed by atoms with Crippen molar-refractivity contribution < 1.29 is 38.2 Å². The fraction of sp³-hybridized carbons (Fsp3) is 0.692. The highest BCUT2D eigenvalue weighted by Gasteiger charge is 2.38. The molecular weight excluding hydrogens is 666 g/mol. The van der Waals surface area contributed by atoms with Crippen molar-refractivity contribution in [2.24, 2.45) is 17.8 Å². The van der Waals surface area contributed by atoms with Gasteiger partial charge in [0.25, 0.3) is 0 Å². The SMILES string of the molecule is CC(C)C[C@H](NC(=O)[C@@H]1CCCN1C(=O)OCc1ccccc1)C(=O)C[C@@H](CCC(=O)OC(C)(C)C)C(=O)N[C@H](C(=O)N1CCN(C)CC1)C(C)C. The Morgan fingerprint density at radius 3 is 2.15 bits per heavy atom. The zero-order valence-corrected chi connectivity index (χ0v) is 32.4. The fourth-order valence-electron chi connectivity index (χ4n) is 6.47. The number of piperazine rings is 1. The molecule has 2 aliphatic rings. The second kappa shape index (κ2) is 19.7. The van der Waals surface area contributed by atoms with Gasteiger partial charge >= 0.3 is 12.1 Å². The summed E-state index contributed by atoms with van der Waals surface area (Å²) in [7, 11) is 2.00. The highest BCUT2D eigenvalue weighted by molar-refractivity contribution is 5.95. The van der Waals surface area contributed by atoms with E-state index in [0.29, 0.717) is 38.9 Å². The molecule has 1 aromatic carbocycles. The number of nitrogens with one attached hydrogen (secondary N) is 2. The van der Waals surface area contributed by atoms with Crippen molar-refractivity contribution in [1.82, 2.24) is 25.3 Å². The Balaban J connectivity index is 1.75. The van der Waals surface area contributed by atoms with Gasteiger partial charge in [-0.05, 0) is 70.9 Å². The van der Waals surface area contributed by atoms with Crippen LogP contribution in [0.5, 0.6) is 0 Å². The van der Waals surface area contributed by atoms with Gasteiger partial charge in [-0.3, -0.25) is 28.9 Å². The third-order valence-corrected chi connectivity index (χ3v) is 9.39. The number of ether oxygens (including phenoxy) is 2. The summed E-state index contributed by atoms with van der Waals surface area (Å²) in [5, 5.41) is 5.80. The fourth-order valence-corrected chi connectivity index (χ4v) is 6.47. The van der Waals surface area contributed by atoms with Crippen LogP contribution in [0, 0.1) is 17.8 Å². The average Bonchev–Trinajstić information content (AvgIpc) is 3.57. The highest BCUT2D eigenvalue weighted by atomic mass is 16.6. The van der Waals surface area contributed by atoms with Crippen molar-refractivity contribution in [1.29, 1.82) is 0 Å². The average molecular weight is 728 g/mol. The maximum absolute atomic E-state index is 14.0. The number of esters is 1. The molecule has 0 aromatic heterocycles. The molecule has 2 saturated heterocycles. The Hall–Kier alpha value is -4.00. The van der Waals surface area contributed by atoms with Gasteiger partial charge in [-0.2, -0.15) is 0 Å². The van der Waals surface area contributed by atoms with Crippen molar-refractivity contribution in [3.63, 3.8) is 0 Å². The van der Waals surface area contributed by atoms with Crippen LogP contribution in [0.3, 0.4) is 0 Å². The van der Waals surface area contributed by atoms with E-state index in [1.165, 1.54) is 4.90 Å². The zero-order valence-electron chi connectivity index (χ0n) is 32.4. The molecule has 0 aliphatic carbocycles. The maximum atomic E-state index is 14.0. The minimum atomic E-state index is -0.955. The lowest BCUT2D eigenvalue weighted by atomic mass is 9.89. The first-order valence-corrected chi connectivity index (χ1v) is 18.7. The van der Waals surface area contributed by atoms with Crippen LogP contribution in [-0.2, 0) is 40.1 Å².